The Bertz CT molecular complexity index is 617. The number of carbonyl (C=O) groups is 1. The third-order valence-corrected chi connectivity index (χ3v) is 2.78. The minimum absolute atomic E-state index is 0.111. The fourth-order valence-corrected chi connectivity index (χ4v) is 1.78. The largest absolute Gasteiger partial charge is 0.497 e. The smallest absolute Gasteiger partial charge is 0.358 e. The van der Waals surface area contributed by atoms with Gasteiger partial charge in [0.05, 0.1) is 19.8 Å². The summed E-state index contributed by atoms with van der Waals surface area (Å²) in [5, 5.41) is 12.5. The Morgan fingerprint density at radius 2 is 2.05 bits per heavy atom. The molecule has 1 aromatic heterocycles. The zero-order chi connectivity index (χ0) is 14.0. The van der Waals surface area contributed by atoms with Crippen LogP contribution in [-0.4, -0.2) is 30.5 Å². The van der Waals surface area contributed by atoms with Crippen LogP contribution in [0.25, 0.3) is 11.3 Å². The van der Waals surface area contributed by atoms with Crippen LogP contribution in [0.3, 0.4) is 0 Å². The maximum absolute atomic E-state index is 11.0. The second-order valence-corrected chi connectivity index (χ2v) is 3.86. The van der Waals surface area contributed by atoms with Crippen LogP contribution in [0.5, 0.6) is 11.5 Å². The van der Waals surface area contributed by atoms with Gasteiger partial charge in [-0.15, -0.1) is 0 Å². The van der Waals surface area contributed by atoms with Crippen LogP contribution in [0.15, 0.2) is 22.7 Å². The molecule has 0 aliphatic carbocycles. The van der Waals surface area contributed by atoms with Gasteiger partial charge in [0, 0.05) is 5.56 Å². The predicted molar refractivity (Wildman–Crippen MR) is 66.7 cm³/mol. The Labute approximate surface area is 109 Å². The standard InChI is InChI=1S/C13H13NO5/c1-7-11(13(15)16)14-19-12(7)9-6-8(17-2)4-5-10(9)18-3/h4-6H,1-3H3,(H,15,16). The third kappa shape index (κ3) is 2.24. The molecule has 0 bridgehead atoms. The zero-order valence-electron chi connectivity index (χ0n) is 10.8. The molecular formula is C13H13NO5. The minimum Gasteiger partial charge on any atom is -0.497 e. The molecule has 0 amide bonds. The molecule has 0 saturated heterocycles. The van der Waals surface area contributed by atoms with Crippen molar-refractivity contribution in [2.45, 2.75) is 6.92 Å². The summed E-state index contributed by atoms with van der Waals surface area (Å²) in [6, 6.07) is 5.17. The summed E-state index contributed by atoms with van der Waals surface area (Å²) < 4.78 is 15.5. The Morgan fingerprint density at radius 1 is 1.32 bits per heavy atom. The SMILES string of the molecule is COc1ccc(OC)c(-c2onc(C(=O)O)c2C)c1. The number of ether oxygens (including phenoxy) is 2. The van der Waals surface area contributed by atoms with E-state index in [0.29, 0.717) is 28.4 Å². The van der Waals surface area contributed by atoms with Crippen LogP contribution in [0.2, 0.25) is 0 Å². The van der Waals surface area contributed by atoms with Crippen molar-refractivity contribution in [1.82, 2.24) is 5.16 Å². The second-order valence-electron chi connectivity index (χ2n) is 3.86. The van der Waals surface area contributed by atoms with Crippen molar-refractivity contribution in [3.8, 4) is 22.8 Å². The van der Waals surface area contributed by atoms with Gasteiger partial charge in [-0.3, -0.25) is 0 Å². The molecule has 100 valence electrons. The van der Waals surface area contributed by atoms with E-state index < -0.39 is 5.97 Å². The average Bonchev–Trinajstić information content (AvgIpc) is 2.79. The summed E-state index contributed by atoms with van der Waals surface area (Å²) in [5.74, 6) is 0.392. The molecule has 2 rings (SSSR count). The number of carboxylic acid groups (broad SMARTS) is 1. The molecule has 0 radical (unpaired) electrons. The first kappa shape index (κ1) is 12.9. The fourth-order valence-electron chi connectivity index (χ4n) is 1.78. The topological polar surface area (TPSA) is 81.8 Å². The van der Waals surface area contributed by atoms with Gasteiger partial charge in [-0.05, 0) is 25.1 Å². The second kappa shape index (κ2) is 5.01. The molecule has 1 aromatic carbocycles. The van der Waals surface area contributed by atoms with E-state index in [4.69, 9.17) is 19.1 Å². The van der Waals surface area contributed by atoms with Crippen LogP contribution in [0.4, 0.5) is 0 Å². The highest BCUT2D eigenvalue weighted by molar-refractivity contribution is 5.89. The molecule has 19 heavy (non-hydrogen) atoms. The summed E-state index contributed by atoms with van der Waals surface area (Å²) in [7, 11) is 3.07. The maximum atomic E-state index is 11.0. The summed E-state index contributed by atoms with van der Waals surface area (Å²) >= 11 is 0. The Balaban J connectivity index is 2.60. The lowest BCUT2D eigenvalue weighted by Crippen LogP contribution is -1.98. The molecule has 1 N–H and O–H groups in total. The van der Waals surface area contributed by atoms with E-state index >= 15 is 0 Å². The van der Waals surface area contributed by atoms with Crippen molar-refractivity contribution >= 4 is 5.97 Å². The lowest BCUT2D eigenvalue weighted by Gasteiger charge is -2.08. The maximum Gasteiger partial charge on any atom is 0.358 e. The molecule has 1 heterocycles. The quantitative estimate of drug-likeness (QED) is 0.911. The van der Waals surface area contributed by atoms with Gasteiger partial charge in [-0.2, -0.15) is 0 Å². The van der Waals surface area contributed by atoms with E-state index in [0.717, 1.165) is 0 Å². The molecule has 0 aliphatic rings. The van der Waals surface area contributed by atoms with E-state index in [1.165, 1.54) is 7.11 Å². The van der Waals surface area contributed by atoms with E-state index in [-0.39, 0.29) is 5.69 Å². The van der Waals surface area contributed by atoms with Gasteiger partial charge in [0.25, 0.3) is 0 Å². The van der Waals surface area contributed by atoms with Gasteiger partial charge in [0.2, 0.25) is 0 Å². The van der Waals surface area contributed by atoms with Gasteiger partial charge in [0.1, 0.15) is 11.5 Å². The first-order valence-corrected chi connectivity index (χ1v) is 5.50. The van der Waals surface area contributed by atoms with Crippen LogP contribution in [0.1, 0.15) is 16.1 Å². The Morgan fingerprint density at radius 3 is 2.58 bits per heavy atom. The van der Waals surface area contributed by atoms with E-state index in [2.05, 4.69) is 5.16 Å². The molecule has 0 fully saturated rings. The van der Waals surface area contributed by atoms with Gasteiger partial charge in [-0.1, -0.05) is 5.16 Å². The van der Waals surface area contributed by atoms with Gasteiger partial charge < -0.3 is 19.1 Å². The molecule has 0 spiro atoms. The number of hydrogen-bond acceptors (Lipinski definition) is 5. The normalized spacial score (nSPS) is 10.3. The van der Waals surface area contributed by atoms with Gasteiger partial charge >= 0.3 is 5.97 Å². The van der Waals surface area contributed by atoms with Crippen molar-refractivity contribution in [1.29, 1.82) is 0 Å². The number of methoxy groups -OCH3 is 2. The number of hydrogen-bond donors (Lipinski definition) is 1. The number of benzene rings is 1. The molecule has 0 saturated carbocycles. The fraction of sp³-hybridized carbons (Fsp3) is 0.231. The highest BCUT2D eigenvalue weighted by Gasteiger charge is 2.21. The summed E-state index contributed by atoms with van der Waals surface area (Å²) in [6.45, 7) is 1.63. The van der Waals surface area contributed by atoms with E-state index in [1.54, 1.807) is 32.2 Å². The number of rotatable bonds is 4. The number of aromatic carboxylic acids is 1. The zero-order valence-corrected chi connectivity index (χ0v) is 10.8. The van der Waals surface area contributed by atoms with Crippen LogP contribution < -0.4 is 9.47 Å². The average molecular weight is 263 g/mol. The summed E-state index contributed by atoms with van der Waals surface area (Å²) in [4.78, 5) is 11.0. The molecule has 6 nitrogen and oxygen atoms in total. The first-order chi connectivity index (χ1) is 9.08. The summed E-state index contributed by atoms with van der Waals surface area (Å²) in [6.07, 6.45) is 0. The van der Waals surface area contributed by atoms with Crippen molar-refractivity contribution in [2.24, 2.45) is 0 Å². The van der Waals surface area contributed by atoms with Gasteiger partial charge in [0.15, 0.2) is 11.5 Å². The highest BCUT2D eigenvalue weighted by Crippen LogP contribution is 2.36. The van der Waals surface area contributed by atoms with Crippen molar-refractivity contribution in [2.75, 3.05) is 14.2 Å². The third-order valence-electron chi connectivity index (χ3n) is 2.78. The van der Waals surface area contributed by atoms with Crippen LogP contribution in [0, 0.1) is 6.92 Å². The molecule has 0 aliphatic heterocycles. The Kier molecular flexibility index (Phi) is 3.41. The molecule has 0 unspecified atom stereocenters. The van der Waals surface area contributed by atoms with Crippen molar-refractivity contribution in [3.63, 3.8) is 0 Å². The monoisotopic (exact) mass is 263 g/mol. The van der Waals surface area contributed by atoms with E-state index in [1.807, 2.05) is 0 Å². The van der Waals surface area contributed by atoms with Crippen LogP contribution in [-0.2, 0) is 0 Å². The molecular weight excluding hydrogens is 250 g/mol. The van der Waals surface area contributed by atoms with Crippen LogP contribution >= 0.6 is 0 Å². The lowest BCUT2D eigenvalue weighted by atomic mass is 10.1. The molecule has 2 aromatic rings. The lowest BCUT2D eigenvalue weighted by molar-refractivity contribution is 0.0685. The molecule has 0 atom stereocenters. The van der Waals surface area contributed by atoms with Crippen molar-refractivity contribution < 1.29 is 23.9 Å². The molecule has 6 heteroatoms. The Hall–Kier alpha value is -2.50. The minimum atomic E-state index is -1.13. The number of carboxylic acids is 1. The highest BCUT2D eigenvalue weighted by atomic mass is 16.5. The number of aromatic nitrogens is 1. The predicted octanol–water partition coefficient (Wildman–Crippen LogP) is 2.37. The van der Waals surface area contributed by atoms with Gasteiger partial charge in [-0.25, -0.2) is 4.79 Å². The first-order valence-electron chi connectivity index (χ1n) is 5.50. The van der Waals surface area contributed by atoms with Crippen molar-refractivity contribution in [3.05, 3.63) is 29.5 Å². The number of nitrogens with zero attached hydrogens (tertiary/aromatic N) is 1. The summed E-state index contributed by atoms with van der Waals surface area (Å²) in [5.41, 5.74) is 0.929. The van der Waals surface area contributed by atoms with E-state index in [9.17, 15) is 4.79 Å².